The summed E-state index contributed by atoms with van der Waals surface area (Å²) < 4.78 is 0. The maximum atomic E-state index is 6.23. The molecule has 0 saturated carbocycles. The van der Waals surface area contributed by atoms with Crippen LogP contribution in [0.1, 0.15) is 31.2 Å². The number of rotatable bonds is 0. The number of fused-ring (bicyclic) bond motifs is 2. The minimum absolute atomic E-state index is 0. The highest BCUT2D eigenvalue weighted by Crippen LogP contribution is 2.39. The number of nitrogens with zero attached hydrogens (tertiary/aromatic N) is 2. The summed E-state index contributed by atoms with van der Waals surface area (Å²) in [6.07, 6.45) is 4.83. The lowest BCUT2D eigenvalue weighted by Gasteiger charge is -2.29. The van der Waals surface area contributed by atoms with E-state index in [1.54, 1.807) is 0 Å². The third-order valence-electron chi connectivity index (χ3n) is 3.45. The first-order valence-corrected chi connectivity index (χ1v) is 6.80. The van der Waals surface area contributed by atoms with Crippen molar-refractivity contribution < 1.29 is 0 Å². The zero-order valence-corrected chi connectivity index (χ0v) is 12.3. The van der Waals surface area contributed by atoms with Crippen molar-refractivity contribution in [2.45, 2.75) is 32.2 Å². The van der Waals surface area contributed by atoms with Gasteiger partial charge in [0.15, 0.2) is 0 Å². The predicted octanol–water partition coefficient (Wildman–Crippen LogP) is 4.83. The number of benzene rings is 1. The zero-order chi connectivity index (χ0) is 11.8. The SMILES string of the molecule is Cl.Clc1ccc2c(c1Cl)N=C1CCCCCN1C2. The first kappa shape index (κ1) is 14.0. The van der Waals surface area contributed by atoms with Crippen molar-refractivity contribution in [2.75, 3.05) is 6.54 Å². The molecule has 0 aromatic heterocycles. The molecule has 0 atom stereocenters. The van der Waals surface area contributed by atoms with Gasteiger partial charge >= 0.3 is 0 Å². The Morgan fingerprint density at radius 3 is 2.78 bits per heavy atom. The average molecular weight is 306 g/mol. The zero-order valence-electron chi connectivity index (χ0n) is 9.96. The minimum Gasteiger partial charge on any atom is -0.356 e. The van der Waals surface area contributed by atoms with Crippen LogP contribution in [0.4, 0.5) is 5.69 Å². The molecule has 0 radical (unpaired) electrons. The molecule has 5 heteroatoms. The van der Waals surface area contributed by atoms with Crippen LogP contribution in [-0.2, 0) is 6.54 Å². The van der Waals surface area contributed by atoms with Crippen LogP contribution in [-0.4, -0.2) is 17.3 Å². The first-order valence-electron chi connectivity index (χ1n) is 6.05. The van der Waals surface area contributed by atoms with Gasteiger partial charge in [0.1, 0.15) is 5.84 Å². The van der Waals surface area contributed by atoms with Gasteiger partial charge in [-0.15, -0.1) is 12.4 Å². The van der Waals surface area contributed by atoms with Crippen LogP contribution >= 0.6 is 35.6 Å². The molecular formula is C13H15Cl3N2. The molecule has 0 bridgehead atoms. The highest BCUT2D eigenvalue weighted by molar-refractivity contribution is 6.43. The van der Waals surface area contributed by atoms with Crippen LogP contribution < -0.4 is 0 Å². The normalized spacial score (nSPS) is 18.1. The highest BCUT2D eigenvalue weighted by Gasteiger charge is 2.23. The van der Waals surface area contributed by atoms with Crippen LogP contribution in [0, 0.1) is 0 Å². The quantitative estimate of drug-likeness (QED) is 0.670. The van der Waals surface area contributed by atoms with Crippen LogP contribution in [0.5, 0.6) is 0 Å². The van der Waals surface area contributed by atoms with Crippen molar-refractivity contribution in [1.29, 1.82) is 0 Å². The summed E-state index contributed by atoms with van der Waals surface area (Å²) in [5.41, 5.74) is 2.07. The molecule has 2 heterocycles. The van der Waals surface area contributed by atoms with E-state index in [1.165, 1.54) is 30.7 Å². The first-order chi connectivity index (χ1) is 8.25. The van der Waals surface area contributed by atoms with Gasteiger partial charge in [0.2, 0.25) is 0 Å². The van der Waals surface area contributed by atoms with Crippen molar-refractivity contribution >= 4 is 47.1 Å². The van der Waals surface area contributed by atoms with Gasteiger partial charge in [-0.3, -0.25) is 0 Å². The molecule has 3 rings (SSSR count). The van der Waals surface area contributed by atoms with Gasteiger partial charge < -0.3 is 4.90 Å². The lowest BCUT2D eigenvalue weighted by atomic mass is 10.1. The van der Waals surface area contributed by atoms with E-state index < -0.39 is 0 Å². The second kappa shape index (κ2) is 5.68. The molecule has 1 aromatic carbocycles. The van der Waals surface area contributed by atoms with Crippen molar-refractivity contribution in [3.63, 3.8) is 0 Å². The molecule has 18 heavy (non-hydrogen) atoms. The molecule has 0 unspecified atom stereocenters. The fourth-order valence-electron chi connectivity index (χ4n) is 2.51. The summed E-state index contributed by atoms with van der Waals surface area (Å²) in [7, 11) is 0. The van der Waals surface area contributed by atoms with Crippen LogP contribution in [0.25, 0.3) is 0 Å². The monoisotopic (exact) mass is 304 g/mol. The highest BCUT2D eigenvalue weighted by atomic mass is 35.5. The topological polar surface area (TPSA) is 15.6 Å². The smallest absolute Gasteiger partial charge is 0.105 e. The molecule has 1 fully saturated rings. The van der Waals surface area contributed by atoms with Gasteiger partial charge in [0.25, 0.3) is 0 Å². The predicted molar refractivity (Wildman–Crippen MR) is 79.7 cm³/mol. The van der Waals surface area contributed by atoms with E-state index in [2.05, 4.69) is 4.90 Å². The van der Waals surface area contributed by atoms with Gasteiger partial charge in [-0.2, -0.15) is 0 Å². The molecule has 0 aliphatic carbocycles. The largest absolute Gasteiger partial charge is 0.356 e. The second-order valence-electron chi connectivity index (χ2n) is 4.63. The van der Waals surface area contributed by atoms with E-state index in [4.69, 9.17) is 28.2 Å². The van der Waals surface area contributed by atoms with Crippen molar-refractivity contribution in [1.82, 2.24) is 4.90 Å². The van der Waals surface area contributed by atoms with Crippen LogP contribution in [0.2, 0.25) is 10.0 Å². The lowest BCUT2D eigenvalue weighted by Crippen LogP contribution is -2.32. The molecule has 0 spiro atoms. The summed E-state index contributed by atoms with van der Waals surface area (Å²) in [5.74, 6) is 1.18. The van der Waals surface area contributed by atoms with Gasteiger partial charge in [0, 0.05) is 19.5 Å². The van der Waals surface area contributed by atoms with Gasteiger partial charge in [0.05, 0.1) is 15.7 Å². The second-order valence-corrected chi connectivity index (χ2v) is 5.41. The third kappa shape index (κ3) is 2.47. The Morgan fingerprint density at radius 2 is 1.94 bits per heavy atom. The van der Waals surface area contributed by atoms with Crippen LogP contribution in [0.15, 0.2) is 17.1 Å². The lowest BCUT2D eigenvalue weighted by molar-refractivity contribution is 0.403. The Hall–Kier alpha value is -0.440. The Kier molecular flexibility index (Phi) is 4.41. The number of aliphatic imine (C=N–C) groups is 1. The number of halogens is 3. The number of hydrogen-bond donors (Lipinski definition) is 0. The van der Waals surface area contributed by atoms with Gasteiger partial charge in [-0.25, -0.2) is 4.99 Å². The average Bonchev–Trinajstić information content (AvgIpc) is 2.57. The molecule has 0 amide bonds. The van der Waals surface area contributed by atoms with Gasteiger partial charge in [-0.05, 0) is 24.5 Å². The van der Waals surface area contributed by atoms with Crippen LogP contribution in [0.3, 0.4) is 0 Å². The number of hydrogen-bond acceptors (Lipinski definition) is 2. The minimum atomic E-state index is 0. The maximum Gasteiger partial charge on any atom is 0.105 e. The van der Waals surface area contributed by atoms with E-state index in [1.807, 2.05) is 12.1 Å². The van der Waals surface area contributed by atoms with Crippen molar-refractivity contribution in [3.05, 3.63) is 27.7 Å². The molecule has 2 nitrogen and oxygen atoms in total. The van der Waals surface area contributed by atoms with Crippen molar-refractivity contribution in [2.24, 2.45) is 4.99 Å². The Labute approximate surface area is 123 Å². The Bertz CT molecular complexity index is 485. The van der Waals surface area contributed by atoms with E-state index in [0.29, 0.717) is 10.0 Å². The summed E-state index contributed by atoms with van der Waals surface area (Å²) in [6, 6.07) is 3.90. The van der Waals surface area contributed by atoms with E-state index in [0.717, 1.165) is 25.2 Å². The molecular weight excluding hydrogens is 291 g/mol. The summed E-state index contributed by atoms with van der Waals surface area (Å²) >= 11 is 12.3. The van der Waals surface area contributed by atoms with E-state index >= 15 is 0 Å². The fourth-order valence-corrected chi connectivity index (χ4v) is 2.89. The summed E-state index contributed by atoms with van der Waals surface area (Å²) in [4.78, 5) is 7.09. The summed E-state index contributed by atoms with van der Waals surface area (Å²) in [6.45, 7) is 2.03. The van der Waals surface area contributed by atoms with E-state index in [9.17, 15) is 0 Å². The molecule has 1 aromatic rings. The van der Waals surface area contributed by atoms with Crippen molar-refractivity contribution in [3.8, 4) is 0 Å². The molecule has 1 saturated heterocycles. The number of amidine groups is 1. The molecule has 2 aliphatic rings. The standard InChI is InChI=1S/C13H14Cl2N2.ClH/c14-10-6-5-9-8-17-7-3-1-2-4-11(17)16-13(9)12(10)15;/h5-6H,1-4,7-8H2;1H. The summed E-state index contributed by atoms with van der Waals surface area (Å²) in [5, 5.41) is 1.19. The maximum absolute atomic E-state index is 6.23. The Balaban J connectivity index is 0.00000120. The molecule has 2 aliphatic heterocycles. The fraction of sp³-hybridized carbons (Fsp3) is 0.462. The van der Waals surface area contributed by atoms with E-state index in [-0.39, 0.29) is 12.4 Å². The molecule has 0 N–H and O–H groups in total. The Morgan fingerprint density at radius 1 is 1.11 bits per heavy atom. The van der Waals surface area contributed by atoms with Gasteiger partial charge in [-0.1, -0.05) is 35.7 Å². The third-order valence-corrected chi connectivity index (χ3v) is 4.24. The molecule has 98 valence electrons.